The third kappa shape index (κ3) is 0.810. The highest BCUT2D eigenvalue weighted by Crippen LogP contribution is 2.01. The molecule has 0 amide bonds. The average molecular weight is 167 g/mol. The Bertz CT molecular complexity index is 456. The van der Waals surface area contributed by atoms with Gasteiger partial charge in [0.15, 0.2) is 17.9 Å². The van der Waals surface area contributed by atoms with Crippen LogP contribution in [0, 0.1) is 5.41 Å². The molecular weight excluding hydrogens is 161 g/mol. The van der Waals surface area contributed by atoms with Crippen molar-refractivity contribution >= 4 is 11.2 Å². The lowest BCUT2D eigenvalue weighted by Crippen LogP contribution is -2.11. The number of nitrogens with zero attached hydrogens (tertiary/aromatic N) is 3. The fraction of sp³-hybridized carbons (Fsp3) is 0.167. The number of nitrogens with one attached hydrogen (secondary N) is 2. The van der Waals surface area contributed by atoms with Crippen molar-refractivity contribution in [2.75, 3.05) is 0 Å². The molecule has 0 aliphatic rings. The molecule has 0 atom stereocenters. The van der Waals surface area contributed by atoms with Crippen LogP contribution in [0.15, 0.2) is 12.7 Å². The van der Waals surface area contributed by atoms with Crippen molar-refractivity contribution in [1.82, 2.24) is 19.5 Å². The van der Waals surface area contributed by atoms with Crippen molar-refractivity contribution in [2.24, 2.45) is 0 Å². The molecule has 2 aromatic rings. The number of aromatic amines is 1. The second kappa shape index (κ2) is 2.40. The number of imidazole rings is 1. The van der Waals surface area contributed by atoms with E-state index < -0.39 is 6.80 Å². The van der Waals surface area contributed by atoms with Gasteiger partial charge in [-0.05, 0) is 0 Å². The fourth-order valence-corrected chi connectivity index (χ4v) is 1.01. The number of alkyl halides is 1. The highest BCUT2D eigenvalue weighted by Gasteiger charge is 2.02. The smallest absolute Gasteiger partial charge is 0.173 e. The summed E-state index contributed by atoms with van der Waals surface area (Å²) in [5.74, 6) is 0. The number of hydrogen-bond donors (Lipinski definition) is 2. The van der Waals surface area contributed by atoms with E-state index in [0.717, 1.165) is 0 Å². The first-order chi connectivity index (χ1) is 5.83. The maximum Gasteiger partial charge on any atom is 0.173 e. The van der Waals surface area contributed by atoms with Gasteiger partial charge in [0.1, 0.15) is 11.8 Å². The van der Waals surface area contributed by atoms with Crippen molar-refractivity contribution in [1.29, 1.82) is 5.41 Å². The molecule has 0 aliphatic heterocycles. The molecule has 0 saturated carbocycles. The normalized spacial score (nSPS) is 10.8. The number of hydrogen-bond acceptors (Lipinski definition) is 3. The van der Waals surface area contributed by atoms with Crippen molar-refractivity contribution in [2.45, 2.75) is 6.80 Å². The lowest BCUT2D eigenvalue weighted by molar-refractivity contribution is 0.380. The first-order valence-electron chi connectivity index (χ1n) is 3.32. The summed E-state index contributed by atoms with van der Waals surface area (Å²) < 4.78 is 13.5. The van der Waals surface area contributed by atoms with Gasteiger partial charge in [-0.2, -0.15) is 0 Å². The van der Waals surface area contributed by atoms with E-state index in [1.54, 1.807) is 0 Å². The molecule has 6 heteroatoms. The first-order valence-corrected chi connectivity index (χ1v) is 3.32. The molecule has 0 spiro atoms. The van der Waals surface area contributed by atoms with Gasteiger partial charge in [-0.1, -0.05) is 0 Å². The van der Waals surface area contributed by atoms with Crippen LogP contribution in [0.3, 0.4) is 0 Å². The Balaban J connectivity index is 2.92. The van der Waals surface area contributed by atoms with E-state index in [9.17, 15) is 4.39 Å². The minimum atomic E-state index is -0.686. The minimum absolute atomic E-state index is 0.0761. The van der Waals surface area contributed by atoms with Gasteiger partial charge in [-0.15, -0.1) is 0 Å². The summed E-state index contributed by atoms with van der Waals surface area (Å²) in [4.78, 5) is 10.2. The molecule has 0 bridgehead atoms. The Morgan fingerprint density at radius 3 is 3.17 bits per heavy atom. The predicted octanol–water partition coefficient (Wildman–Crippen LogP) is 0.166. The third-order valence-electron chi connectivity index (χ3n) is 1.58. The minimum Gasteiger partial charge on any atom is -0.340 e. The monoisotopic (exact) mass is 167 g/mol. The van der Waals surface area contributed by atoms with Crippen LogP contribution in [-0.2, 0) is 6.80 Å². The Morgan fingerprint density at radius 2 is 2.42 bits per heavy atom. The Hall–Kier alpha value is -1.72. The molecular formula is C6H6FN5. The quantitative estimate of drug-likeness (QED) is 0.635. The summed E-state index contributed by atoms with van der Waals surface area (Å²) in [6.45, 7) is -0.686. The van der Waals surface area contributed by atoms with Crippen molar-refractivity contribution in [3.05, 3.63) is 18.1 Å². The van der Waals surface area contributed by atoms with E-state index in [1.165, 1.54) is 17.2 Å². The van der Waals surface area contributed by atoms with Crippen LogP contribution in [0.1, 0.15) is 0 Å². The third-order valence-corrected chi connectivity index (χ3v) is 1.58. The molecule has 0 aromatic carbocycles. The van der Waals surface area contributed by atoms with Gasteiger partial charge in [0.05, 0.1) is 6.33 Å². The van der Waals surface area contributed by atoms with E-state index in [4.69, 9.17) is 5.41 Å². The van der Waals surface area contributed by atoms with Crippen LogP contribution in [-0.4, -0.2) is 19.5 Å². The summed E-state index contributed by atoms with van der Waals surface area (Å²) in [5.41, 5.74) is 0.944. The highest BCUT2D eigenvalue weighted by molar-refractivity contribution is 5.67. The van der Waals surface area contributed by atoms with Crippen LogP contribution in [0.2, 0.25) is 0 Å². The molecule has 2 N–H and O–H groups in total. The van der Waals surface area contributed by atoms with Gasteiger partial charge >= 0.3 is 0 Å². The summed E-state index contributed by atoms with van der Waals surface area (Å²) in [7, 11) is 0. The zero-order chi connectivity index (χ0) is 8.55. The van der Waals surface area contributed by atoms with Gasteiger partial charge in [-0.25, -0.2) is 14.4 Å². The number of halogens is 1. The van der Waals surface area contributed by atoms with E-state index >= 15 is 0 Å². The standard InChI is InChI=1S/C6H6FN5/c7-1-12-3-11-5(8)4-6(12)10-2-9-4/h2-3,8H,1H2,(H,9,10). The first kappa shape index (κ1) is 6.96. The molecule has 0 fully saturated rings. The van der Waals surface area contributed by atoms with Crippen molar-refractivity contribution < 1.29 is 4.39 Å². The lowest BCUT2D eigenvalue weighted by Gasteiger charge is -1.98. The van der Waals surface area contributed by atoms with Crippen LogP contribution < -0.4 is 5.49 Å². The van der Waals surface area contributed by atoms with Crippen LogP contribution in [0.4, 0.5) is 4.39 Å². The Kier molecular flexibility index (Phi) is 1.39. The fourth-order valence-electron chi connectivity index (χ4n) is 1.01. The molecule has 2 heterocycles. The largest absolute Gasteiger partial charge is 0.340 e. The van der Waals surface area contributed by atoms with E-state index in [-0.39, 0.29) is 5.49 Å². The van der Waals surface area contributed by atoms with Crippen molar-refractivity contribution in [3.63, 3.8) is 0 Å². The molecule has 62 valence electrons. The van der Waals surface area contributed by atoms with E-state index in [2.05, 4.69) is 15.0 Å². The predicted molar refractivity (Wildman–Crippen MR) is 38.8 cm³/mol. The van der Waals surface area contributed by atoms with Crippen LogP contribution in [0.25, 0.3) is 11.2 Å². The molecule has 2 rings (SSSR count). The summed E-state index contributed by atoms with van der Waals surface area (Å²) >= 11 is 0. The summed E-state index contributed by atoms with van der Waals surface area (Å²) in [6, 6.07) is 0. The molecule has 5 nitrogen and oxygen atoms in total. The Labute approximate surface area is 66.4 Å². The second-order valence-corrected chi connectivity index (χ2v) is 2.28. The lowest BCUT2D eigenvalue weighted by atomic mass is 10.5. The van der Waals surface area contributed by atoms with Gasteiger partial charge < -0.3 is 4.98 Å². The summed E-state index contributed by atoms with van der Waals surface area (Å²) in [6.07, 6.45) is 2.67. The van der Waals surface area contributed by atoms with Gasteiger partial charge in [0, 0.05) is 0 Å². The van der Waals surface area contributed by atoms with Gasteiger partial charge in [0.25, 0.3) is 0 Å². The number of fused-ring (bicyclic) bond motifs is 1. The molecule has 0 saturated heterocycles. The van der Waals surface area contributed by atoms with Gasteiger partial charge in [0.2, 0.25) is 0 Å². The maximum atomic E-state index is 12.3. The van der Waals surface area contributed by atoms with Crippen molar-refractivity contribution in [3.8, 4) is 0 Å². The van der Waals surface area contributed by atoms with E-state index in [0.29, 0.717) is 11.2 Å². The van der Waals surface area contributed by atoms with Gasteiger partial charge in [-0.3, -0.25) is 9.98 Å². The molecule has 2 aromatic heterocycles. The highest BCUT2D eigenvalue weighted by atomic mass is 19.1. The SMILES string of the molecule is N=c1ncn(CF)c2nc[nH]c12. The average Bonchev–Trinajstić information content (AvgIpc) is 2.54. The maximum absolute atomic E-state index is 12.3. The topological polar surface area (TPSA) is 70.3 Å². The zero-order valence-electron chi connectivity index (χ0n) is 6.08. The van der Waals surface area contributed by atoms with Crippen LogP contribution in [0.5, 0.6) is 0 Å². The molecule has 12 heavy (non-hydrogen) atoms. The second-order valence-electron chi connectivity index (χ2n) is 2.28. The summed E-state index contributed by atoms with van der Waals surface area (Å²) in [5, 5.41) is 7.33. The number of H-pyrrole nitrogens is 1. The molecule has 0 aliphatic carbocycles. The van der Waals surface area contributed by atoms with Crippen LogP contribution >= 0.6 is 0 Å². The number of aromatic nitrogens is 4. The molecule has 0 radical (unpaired) electrons. The Morgan fingerprint density at radius 1 is 1.58 bits per heavy atom. The number of rotatable bonds is 1. The zero-order valence-corrected chi connectivity index (χ0v) is 6.08. The molecule has 0 unspecified atom stereocenters. The van der Waals surface area contributed by atoms with E-state index in [1.807, 2.05) is 0 Å².